The summed E-state index contributed by atoms with van der Waals surface area (Å²) in [6, 6.07) is 9.38. The molecule has 1 aliphatic rings. The van der Waals surface area contributed by atoms with E-state index < -0.39 is 0 Å². The maximum absolute atomic E-state index is 12.3. The lowest BCUT2D eigenvalue weighted by molar-refractivity contribution is 0.0951. The lowest BCUT2D eigenvalue weighted by atomic mass is 10.2. The van der Waals surface area contributed by atoms with E-state index in [-0.39, 0.29) is 12.0 Å². The van der Waals surface area contributed by atoms with E-state index in [1.807, 2.05) is 30.3 Å². The number of nitrogens with one attached hydrogen (secondary N) is 1. The molecule has 0 bridgehead atoms. The number of hydrogen-bond acceptors (Lipinski definition) is 6. The molecular formula is C18H17N3O3S. The fourth-order valence-corrected chi connectivity index (χ4v) is 3.76. The van der Waals surface area contributed by atoms with Gasteiger partial charge in [-0.15, -0.1) is 11.3 Å². The lowest BCUT2D eigenvalue weighted by Crippen LogP contribution is -2.21. The number of amides is 1. The van der Waals surface area contributed by atoms with E-state index in [0.717, 1.165) is 29.9 Å². The Kier molecular flexibility index (Phi) is 4.58. The SMILES string of the molecule is O=C(NCc1cc(-c2cccnc2)no1)c1ccc([C@H]2CCCO2)s1. The van der Waals surface area contributed by atoms with Crippen LogP contribution in [0.2, 0.25) is 0 Å². The van der Waals surface area contributed by atoms with Gasteiger partial charge in [0.25, 0.3) is 5.91 Å². The Morgan fingerprint density at radius 2 is 2.32 bits per heavy atom. The van der Waals surface area contributed by atoms with Gasteiger partial charge in [-0.2, -0.15) is 0 Å². The molecule has 128 valence electrons. The summed E-state index contributed by atoms with van der Waals surface area (Å²) in [5.41, 5.74) is 1.58. The van der Waals surface area contributed by atoms with Crippen LogP contribution in [0.1, 0.15) is 39.3 Å². The van der Waals surface area contributed by atoms with Crippen molar-refractivity contribution < 1.29 is 14.1 Å². The third kappa shape index (κ3) is 3.62. The minimum absolute atomic E-state index is 0.117. The van der Waals surface area contributed by atoms with Crippen LogP contribution < -0.4 is 5.32 Å². The van der Waals surface area contributed by atoms with Crippen molar-refractivity contribution in [3.63, 3.8) is 0 Å². The molecule has 1 aliphatic heterocycles. The molecule has 1 amide bonds. The molecule has 7 heteroatoms. The summed E-state index contributed by atoms with van der Waals surface area (Å²) in [5, 5.41) is 6.88. The fraction of sp³-hybridized carbons (Fsp3) is 0.278. The molecule has 1 saturated heterocycles. The third-order valence-electron chi connectivity index (χ3n) is 4.04. The van der Waals surface area contributed by atoms with Gasteiger partial charge in [-0.1, -0.05) is 5.16 Å². The van der Waals surface area contributed by atoms with Crippen LogP contribution in [0.15, 0.2) is 47.2 Å². The number of aromatic nitrogens is 2. The van der Waals surface area contributed by atoms with Crippen LogP contribution in [0.3, 0.4) is 0 Å². The van der Waals surface area contributed by atoms with E-state index in [4.69, 9.17) is 9.26 Å². The van der Waals surface area contributed by atoms with Crippen LogP contribution in [0.5, 0.6) is 0 Å². The average Bonchev–Trinajstić information content (AvgIpc) is 3.41. The Bertz CT molecular complexity index is 853. The molecule has 3 aromatic rings. The van der Waals surface area contributed by atoms with Gasteiger partial charge in [0, 0.05) is 35.5 Å². The summed E-state index contributed by atoms with van der Waals surface area (Å²) in [6.07, 6.45) is 5.67. The first-order valence-corrected chi connectivity index (χ1v) is 8.97. The predicted octanol–water partition coefficient (Wildman–Crippen LogP) is 3.58. The van der Waals surface area contributed by atoms with Gasteiger partial charge in [-0.3, -0.25) is 9.78 Å². The van der Waals surface area contributed by atoms with E-state index in [1.165, 1.54) is 11.3 Å². The number of carbonyl (C=O) groups is 1. The molecule has 4 rings (SSSR count). The van der Waals surface area contributed by atoms with Crippen molar-refractivity contribution in [3.8, 4) is 11.3 Å². The number of rotatable bonds is 5. The van der Waals surface area contributed by atoms with Gasteiger partial charge >= 0.3 is 0 Å². The molecule has 0 aromatic carbocycles. The molecule has 3 aromatic heterocycles. The van der Waals surface area contributed by atoms with Crippen LogP contribution in [-0.2, 0) is 11.3 Å². The Labute approximate surface area is 148 Å². The van der Waals surface area contributed by atoms with Crippen molar-refractivity contribution >= 4 is 17.2 Å². The van der Waals surface area contributed by atoms with Gasteiger partial charge in [0.05, 0.1) is 17.5 Å². The highest BCUT2D eigenvalue weighted by Crippen LogP contribution is 2.33. The Balaban J connectivity index is 1.37. The molecule has 0 unspecified atom stereocenters. The van der Waals surface area contributed by atoms with Crippen molar-refractivity contribution in [1.82, 2.24) is 15.5 Å². The van der Waals surface area contributed by atoms with E-state index in [9.17, 15) is 4.79 Å². The molecule has 0 radical (unpaired) electrons. The molecule has 1 fully saturated rings. The molecule has 0 aliphatic carbocycles. The second-order valence-corrected chi connectivity index (χ2v) is 6.92. The topological polar surface area (TPSA) is 77.3 Å². The van der Waals surface area contributed by atoms with Crippen LogP contribution in [0.4, 0.5) is 0 Å². The first-order valence-electron chi connectivity index (χ1n) is 8.15. The van der Waals surface area contributed by atoms with Gasteiger partial charge < -0.3 is 14.6 Å². The highest BCUT2D eigenvalue weighted by atomic mass is 32.1. The Hall–Kier alpha value is -2.51. The summed E-state index contributed by atoms with van der Waals surface area (Å²) in [7, 11) is 0. The van der Waals surface area contributed by atoms with Gasteiger partial charge in [-0.05, 0) is 37.1 Å². The zero-order valence-corrected chi connectivity index (χ0v) is 14.3. The lowest BCUT2D eigenvalue weighted by Gasteiger charge is -2.05. The van der Waals surface area contributed by atoms with Gasteiger partial charge in [0.2, 0.25) is 0 Å². The van der Waals surface area contributed by atoms with Crippen molar-refractivity contribution in [2.45, 2.75) is 25.5 Å². The zero-order chi connectivity index (χ0) is 17.1. The summed E-state index contributed by atoms with van der Waals surface area (Å²) < 4.78 is 10.9. The predicted molar refractivity (Wildman–Crippen MR) is 93.2 cm³/mol. The van der Waals surface area contributed by atoms with E-state index >= 15 is 0 Å². The maximum atomic E-state index is 12.3. The quantitative estimate of drug-likeness (QED) is 0.757. The Morgan fingerprint density at radius 3 is 3.12 bits per heavy atom. The van der Waals surface area contributed by atoms with Gasteiger partial charge in [-0.25, -0.2) is 0 Å². The van der Waals surface area contributed by atoms with Crippen molar-refractivity contribution in [2.75, 3.05) is 6.61 Å². The zero-order valence-electron chi connectivity index (χ0n) is 13.5. The van der Waals surface area contributed by atoms with E-state index in [0.29, 0.717) is 22.9 Å². The van der Waals surface area contributed by atoms with Crippen LogP contribution in [-0.4, -0.2) is 22.7 Å². The Morgan fingerprint density at radius 1 is 1.36 bits per heavy atom. The fourth-order valence-electron chi connectivity index (χ4n) is 2.75. The van der Waals surface area contributed by atoms with Crippen molar-refractivity contribution in [1.29, 1.82) is 0 Å². The first-order chi connectivity index (χ1) is 12.3. The molecule has 0 saturated carbocycles. The summed E-state index contributed by atoms with van der Waals surface area (Å²) in [4.78, 5) is 18.2. The third-order valence-corrected chi connectivity index (χ3v) is 5.21. The molecule has 1 atom stereocenters. The van der Waals surface area contributed by atoms with Gasteiger partial charge in [0.15, 0.2) is 5.76 Å². The summed E-state index contributed by atoms with van der Waals surface area (Å²) >= 11 is 1.48. The van der Waals surface area contributed by atoms with E-state index in [2.05, 4.69) is 15.5 Å². The highest BCUT2D eigenvalue weighted by Gasteiger charge is 2.21. The minimum atomic E-state index is -0.117. The molecule has 0 spiro atoms. The minimum Gasteiger partial charge on any atom is -0.373 e. The van der Waals surface area contributed by atoms with Crippen LogP contribution >= 0.6 is 11.3 Å². The molecule has 6 nitrogen and oxygen atoms in total. The number of ether oxygens (including phenoxy) is 1. The van der Waals surface area contributed by atoms with Crippen LogP contribution in [0, 0.1) is 0 Å². The highest BCUT2D eigenvalue weighted by molar-refractivity contribution is 7.14. The van der Waals surface area contributed by atoms with Crippen molar-refractivity contribution in [3.05, 3.63) is 58.2 Å². The van der Waals surface area contributed by atoms with Gasteiger partial charge in [0.1, 0.15) is 5.69 Å². The smallest absolute Gasteiger partial charge is 0.261 e. The number of pyridine rings is 1. The van der Waals surface area contributed by atoms with E-state index in [1.54, 1.807) is 12.4 Å². The standard InChI is InChI=1S/C18H17N3O3S/c22-18(17-6-5-16(25-17)15-4-2-8-23-15)20-11-13-9-14(21-24-13)12-3-1-7-19-10-12/h1,3,5-7,9-10,15H,2,4,8,11H2,(H,20,22)/t15-/m1/s1. The molecule has 1 N–H and O–H groups in total. The normalized spacial score (nSPS) is 16.9. The van der Waals surface area contributed by atoms with Crippen molar-refractivity contribution in [2.24, 2.45) is 0 Å². The second kappa shape index (κ2) is 7.16. The number of carbonyl (C=O) groups excluding carboxylic acids is 1. The second-order valence-electron chi connectivity index (χ2n) is 5.81. The molecular weight excluding hydrogens is 338 g/mol. The molecule has 4 heterocycles. The largest absolute Gasteiger partial charge is 0.373 e. The average molecular weight is 355 g/mol. The summed E-state index contributed by atoms with van der Waals surface area (Å²) in [5.74, 6) is 0.483. The number of thiophene rings is 1. The van der Waals surface area contributed by atoms with Crippen LogP contribution in [0.25, 0.3) is 11.3 Å². The number of nitrogens with zero attached hydrogens (tertiary/aromatic N) is 2. The summed E-state index contributed by atoms with van der Waals surface area (Å²) in [6.45, 7) is 1.09. The first kappa shape index (κ1) is 16.0. The maximum Gasteiger partial charge on any atom is 0.261 e. The monoisotopic (exact) mass is 355 g/mol. The number of hydrogen-bond donors (Lipinski definition) is 1. The molecule has 25 heavy (non-hydrogen) atoms.